The monoisotopic (exact) mass is 361 g/mol. The smallest absolute Gasteiger partial charge is 0.364 e. The summed E-state index contributed by atoms with van der Waals surface area (Å²) in [6.45, 7) is 2.06. The van der Waals surface area contributed by atoms with Crippen LogP contribution in [0.1, 0.15) is 34.6 Å². The largest absolute Gasteiger partial charge is 0.417 e. The first-order valence-corrected chi connectivity index (χ1v) is 7.92. The third-order valence-electron chi connectivity index (χ3n) is 4.41. The number of rotatable bonds is 2. The van der Waals surface area contributed by atoms with Crippen LogP contribution in [0.25, 0.3) is 11.4 Å². The van der Waals surface area contributed by atoms with Crippen molar-refractivity contribution >= 4 is 11.7 Å². The van der Waals surface area contributed by atoms with Crippen molar-refractivity contribution in [2.24, 2.45) is 0 Å². The van der Waals surface area contributed by atoms with Gasteiger partial charge in [-0.15, -0.1) is 0 Å². The number of alkyl halides is 3. The van der Waals surface area contributed by atoms with Gasteiger partial charge in [0, 0.05) is 42.9 Å². The van der Waals surface area contributed by atoms with E-state index in [1.807, 2.05) is 10.8 Å². The molecule has 0 aromatic carbocycles. The molecule has 0 unspecified atom stereocenters. The lowest BCUT2D eigenvalue weighted by Gasteiger charge is -2.22. The van der Waals surface area contributed by atoms with E-state index in [1.165, 1.54) is 0 Å². The minimum atomic E-state index is -4.47. The lowest BCUT2D eigenvalue weighted by Crippen LogP contribution is -2.18. The van der Waals surface area contributed by atoms with Crippen molar-refractivity contribution in [3.8, 4) is 11.4 Å². The first kappa shape index (κ1) is 16.4. The van der Waals surface area contributed by atoms with Crippen LogP contribution in [0.15, 0.2) is 36.9 Å². The molecule has 3 aromatic rings. The highest BCUT2D eigenvalue weighted by Gasteiger charge is 2.31. The van der Waals surface area contributed by atoms with Crippen molar-refractivity contribution in [3.05, 3.63) is 53.7 Å². The van der Waals surface area contributed by atoms with Gasteiger partial charge < -0.3 is 14.9 Å². The highest BCUT2D eigenvalue weighted by molar-refractivity contribution is 6.08. The number of nitrogens with one attached hydrogen (secondary N) is 2. The Balaban J connectivity index is 1.62. The van der Waals surface area contributed by atoms with Crippen LogP contribution in [0, 0.1) is 0 Å². The first-order valence-electron chi connectivity index (χ1n) is 7.92. The van der Waals surface area contributed by atoms with Crippen molar-refractivity contribution in [2.75, 3.05) is 5.32 Å². The Hall–Kier alpha value is -3.10. The lowest BCUT2D eigenvalue weighted by atomic mass is 10.0. The van der Waals surface area contributed by atoms with E-state index in [0.717, 1.165) is 24.2 Å². The van der Waals surface area contributed by atoms with Crippen LogP contribution < -0.4 is 5.32 Å². The number of anilines is 1. The molecule has 26 heavy (non-hydrogen) atoms. The fourth-order valence-corrected chi connectivity index (χ4v) is 3.14. The third kappa shape index (κ3) is 2.65. The highest BCUT2D eigenvalue weighted by Crippen LogP contribution is 2.35. The van der Waals surface area contributed by atoms with Gasteiger partial charge in [-0.3, -0.25) is 4.79 Å². The molecule has 0 saturated heterocycles. The summed E-state index contributed by atoms with van der Waals surface area (Å²) in [5, 5.41) is 2.53. The average molecular weight is 361 g/mol. The number of aromatic nitrogens is 4. The zero-order chi connectivity index (χ0) is 18.5. The third-order valence-corrected chi connectivity index (χ3v) is 4.41. The predicted octanol–water partition coefficient (Wildman–Crippen LogP) is 3.66. The molecule has 6 nitrogen and oxygen atoms in total. The molecule has 2 N–H and O–H groups in total. The Morgan fingerprint density at radius 2 is 2.15 bits per heavy atom. The Morgan fingerprint density at radius 3 is 2.85 bits per heavy atom. The Morgan fingerprint density at radius 1 is 1.35 bits per heavy atom. The summed E-state index contributed by atoms with van der Waals surface area (Å²) >= 11 is 0. The summed E-state index contributed by atoms with van der Waals surface area (Å²) in [4.78, 5) is 23.7. The summed E-state index contributed by atoms with van der Waals surface area (Å²) < 4.78 is 39.8. The number of nitrogens with zero attached hydrogens (tertiary/aromatic N) is 3. The second-order valence-corrected chi connectivity index (χ2v) is 6.15. The van der Waals surface area contributed by atoms with Crippen LogP contribution in [-0.4, -0.2) is 25.4 Å². The zero-order valence-corrected chi connectivity index (χ0v) is 13.6. The fraction of sp³-hybridized carbons (Fsp3) is 0.235. The normalized spacial score (nSPS) is 16.1. The van der Waals surface area contributed by atoms with E-state index >= 15 is 0 Å². The second kappa shape index (κ2) is 5.72. The number of carbonyl (C=O) groups excluding carboxylic acids is 1. The van der Waals surface area contributed by atoms with Crippen molar-refractivity contribution in [2.45, 2.75) is 25.6 Å². The number of amides is 1. The Labute approximate surface area is 146 Å². The molecule has 4 rings (SSSR count). The number of fused-ring (bicyclic) bond motifs is 3. The molecular weight excluding hydrogens is 347 g/mol. The number of carbonyl (C=O) groups is 1. The Kier molecular flexibility index (Phi) is 3.60. The molecule has 0 fully saturated rings. The van der Waals surface area contributed by atoms with Gasteiger partial charge in [0.15, 0.2) is 0 Å². The van der Waals surface area contributed by atoms with Gasteiger partial charge in [0.1, 0.15) is 11.6 Å². The van der Waals surface area contributed by atoms with Crippen LogP contribution in [0.2, 0.25) is 0 Å². The molecule has 1 atom stereocenters. The molecular formula is C17H14F3N5O. The van der Waals surface area contributed by atoms with E-state index < -0.39 is 17.6 Å². The quantitative estimate of drug-likeness (QED) is 0.731. The number of halogens is 3. The second-order valence-electron chi connectivity index (χ2n) is 6.15. The maximum Gasteiger partial charge on any atom is 0.417 e. The van der Waals surface area contributed by atoms with Crippen LogP contribution in [0.4, 0.5) is 19.0 Å². The topological polar surface area (TPSA) is 75.6 Å². The number of imidazole rings is 1. The average Bonchev–Trinajstić information content (AvgIpc) is 3.20. The fourth-order valence-electron chi connectivity index (χ4n) is 3.14. The minimum absolute atomic E-state index is 0.0467. The number of H-pyrrole nitrogens is 1. The molecule has 1 aliphatic rings. The number of hydrogen-bond acceptors (Lipinski definition) is 3. The molecule has 0 spiro atoms. The molecule has 0 aliphatic carbocycles. The standard InChI is InChI=1S/C17H14F3N5O/c1-9-6-12-14(15-21-4-5-25(9)15)11(8-22-12)16(26)24-13-3-2-10(7-23-13)17(18,19)20/h2-5,7-9,22H,6H2,1H3,(H,23,24,26)/t9-/m1/s1. The molecule has 9 heteroatoms. The van der Waals surface area contributed by atoms with Crippen LogP contribution in [-0.2, 0) is 12.6 Å². The Bertz CT molecular complexity index is 971. The van der Waals surface area contributed by atoms with Crippen molar-refractivity contribution in [3.63, 3.8) is 0 Å². The first-order chi connectivity index (χ1) is 12.3. The van der Waals surface area contributed by atoms with Gasteiger partial charge >= 0.3 is 6.18 Å². The van der Waals surface area contributed by atoms with Gasteiger partial charge in [0.25, 0.3) is 5.91 Å². The molecule has 0 saturated carbocycles. The van der Waals surface area contributed by atoms with E-state index in [-0.39, 0.29) is 11.9 Å². The summed E-state index contributed by atoms with van der Waals surface area (Å²) in [5.74, 6) is 0.273. The van der Waals surface area contributed by atoms with Crippen molar-refractivity contribution in [1.29, 1.82) is 0 Å². The van der Waals surface area contributed by atoms with Gasteiger partial charge in [0.05, 0.1) is 16.7 Å². The molecule has 0 bridgehead atoms. The number of aromatic amines is 1. The summed E-state index contributed by atoms with van der Waals surface area (Å²) in [5.41, 5.74) is 1.12. The van der Waals surface area contributed by atoms with Crippen LogP contribution in [0.5, 0.6) is 0 Å². The van der Waals surface area contributed by atoms with E-state index in [2.05, 4.69) is 27.2 Å². The molecule has 134 valence electrons. The van der Waals surface area contributed by atoms with E-state index in [1.54, 1.807) is 12.4 Å². The summed E-state index contributed by atoms with van der Waals surface area (Å²) in [6.07, 6.45) is 2.06. The maximum atomic E-state index is 12.6. The van der Waals surface area contributed by atoms with Gasteiger partial charge in [-0.1, -0.05) is 0 Å². The van der Waals surface area contributed by atoms with Crippen LogP contribution >= 0.6 is 0 Å². The van der Waals surface area contributed by atoms with Crippen LogP contribution in [0.3, 0.4) is 0 Å². The molecule has 0 radical (unpaired) electrons. The number of pyridine rings is 1. The summed E-state index contributed by atoms with van der Waals surface area (Å²) in [7, 11) is 0. The minimum Gasteiger partial charge on any atom is -0.364 e. The van der Waals surface area contributed by atoms with E-state index in [0.29, 0.717) is 23.1 Å². The van der Waals surface area contributed by atoms with E-state index in [9.17, 15) is 18.0 Å². The zero-order valence-electron chi connectivity index (χ0n) is 13.6. The SMILES string of the molecule is C[C@@H]1Cc2[nH]cc(C(=O)Nc3ccc(C(F)(F)F)cn3)c2-c2nccn21. The predicted molar refractivity (Wildman–Crippen MR) is 87.6 cm³/mol. The van der Waals surface area contributed by atoms with Crippen molar-refractivity contribution in [1.82, 2.24) is 19.5 Å². The van der Waals surface area contributed by atoms with Gasteiger partial charge in [-0.25, -0.2) is 9.97 Å². The summed E-state index contributed by atoms with van der Waals surface area (Å²) in [6, 6.07) is 2.22. The van der Waals surface area contributed by atoms with Gasteiger partial charge in [-0.05, 0) is 19.1 Å². The van der Waals surface area contributed by atoms with Gasteiger partial charge in [-0.2, -0.15) is 13.2 Å². The molecule has 3 aromatic heterocycles. The van der Waals surface area contributed by atoms with Gasteiger partial charge in [0.2, 0.25) is 0 Å². The highest BCUT2D eigenvalue weighted by atomic mass is 19.4. The molecule has 1 amide bonds. The maximum absolute atomic E-state index is 12.6. The van der Waals surface area contributed by atoms with E-state index in [4.69, 9.17) is 0 Å². The van der Waals surface area contributed by atoms with Crippen molar-refractivity contribution < 1.29 is 18.0 Å². The molecule has 4 heterocycles. The molecule has 1 aliphatic heterocycles. The number of hydrogen-bond donors (Lipinski definition) is 2. The lowest BCUT2D eigenvalue weighted by molar-refractivity contribution is -0.137.